The van der Waals surface area contributed by atoms with E-state index in [4.69, 9.17) is 9.84 Å². The first-order valence-electron chi connectivity index (χ1n) is 11.5. The molecule has 0 aliphatic rings. The maximum absolute atomic E-state index is 13.1. The Balaban J connectivity index is 2.12. The zero-order chi connectivity index (χ0) is 24.9. The quantitative estimate of drug-likeness (QED) is 0.236. The van der Waals surface area contributed by atoms with Crippen molar-refractivity contribution in [2.24, 2.45) is 5.92 Å². The molecule has 0 aliphatic heterocycles. The summed E-state index contributed by atoms with van der Waals surface area (Å²) < 4.78 is 5.42. The minimum absolute atomic E-state index is 0.00970. The van der Waals surface area contributed by atoms with Gasteiger partial charge >= 0.3 is 5.97 Å². The van der Waals surface area contributed by atoms with Crippen molar-refractivity contribution in [1.82, 2.24) is 15.6 Å². The van der Waals surface area contributed by atoms with Crippen molar-refractivity contribution in [3.05, 3.63) is 61.3 Å². The number of benzene rings is 1. The van der Waals surface area contributed by atoms with Crippen LogP contribution in [0.2, 0.25) is 0 Å². The molecule has 0 radical (unpaired) electrons. The number of nitrogens with one attached hydrogen (secondary N) is 3. The van der Waals surface area contributed by atoms with Crippen molar-refractivity contribution >= 4 is 28.7 Å². The van der Waals surface area contributed by atoms with Crippen LogP contribution < -0.4 is 10.6 Å². The Bertz CT molecular complexity index is 984. The number of H-pyrrole nitrogens is 1. The minimum atomic E-state index is -0.634. The molecule has 0 saturated heterocycles. The van der Waals surface area contributed by atoms with E-state index in [1.165, 1.54) is 0 Å². The van der Waals surface area contributed by atoms with Crippen LogP contribution in [0.4, 0.5) is 0 Å². The van der Waals surface area contributed by atoms with Gasteiger partial charge in [-0.15, -0.1) is 13.2 Å². The van der Waals surface area contributed by atoms with Gasteiger partial charge in [-0.1, -0.05) is 30.4 Å². The van der Waals surface area contributed by atoms with Crippen LogP contribution in [0.5, 0.6) is 0 Å². The molecule has 1 aromatic heterocycles. The van der Waals surface area contributed by atoms with Crippen LogP contribution in [-0.4, -0.2) is 53.2 Å². The summed E-state index contributed by atoms with van der Waals surface area (Å²) in [6.45, 7) is 8.81. The lowest BCUT2D eigenvalue weighted by molar-refractivity contribution is -0.145. The second-order valence-electron chi connectivity index (χ2n) is 8.36. The maximum Gasteiger partial charge on any atom is 0.306 e. The number of ether oxygens (including phenoxy) is 1. The first kappa shape index (κ1) is 26.9. The second kappa shape index (κ2) is 14.0. The fourth-order valence-electron chi connectivity index (χ4n) is 3.61. The van der Waals surface area contributed by atoms with Crippen molar-refractivity contribution in [2.45, 2.75) is 51.1 Å². The Labute approximate surface area is 200 Å². The van der Waals surface area contributed by atoms with E-state index in [1.807, 2.05) is 30.5 Å². The smallest absolute Gasteiger partial charge is 0.306 e. The van der Waals surface area contributed by atoms with Gasteiger partial charge in [0.15, 0.2) is 0 Å². The van der Waals surface area contributed by atoms with Gasteiger partial charge in [-0.25, -0.2) is 0 Å². The van der Waals surface area contributed by atoms with Crippen LogP contribution in [0, 0.1) is 5.92 Å². The van der Waals surface area contributed by atoms with Crippen molar-refractivity contribution in [3.8, 4) is 0 Å². The molecule has 0 fully saturated rings. The highest BCUT2D eigenvalue weighted by Crippen LogP contribution is 2.20. The molecule has 0 spiro atoms. The number of carbonyl (C=O) groups is 3. The third-order valence-corrected chi connectivity index (χ3v) is 5.42. The number of allylic oxidation sites excluding steroid dienone is 2. The van der Waals surface area contributed by atoms with E-state index in [-0.39, 0.29) is 43.8 Å². The van der Waals surface area contributed by atoms with Crippen LogP contribution in [0.3, 0.4) is 0 Å². The number of aliphatic hydroxyl groups is 1. The molecule has 2 amide bonds. The molecular formula is C26H35N3O5. The number of amides is 2. The summed E-state index contributed by atoms with van der Waals surface area (Å²) >= 11 is 0. The monoisotopic (exact) mass is 469 g/mol. The average molecular weight is 470 g/mol. The lowest BCUT2D eigenvalue weighted by Gasteiger charge is -2.22. The molecule has 2 rings (SSSR count). The zero-order valence-corrected chi connectivity index (χ0v) is 19.7. The molecule has 8 nitrogen and oxygen atoms in total. The van der Waals surface area contributed by atoms with E-state index >= 15 is 0 Å². The number of esters is 1. The fraction of sp³-hybridized carbons (Fsp3) is 0.423. The van der Waals surface area contributed by atoms with Gasteiger partial charge in [0.05, 0.1) is 18.6 Å². The molecule has 0 unspecified atom stereocenters. The average Bonchev–Trinajstić information content (AvgIpc) is 3.23. The number of rotatable bonds is 15. The largest absolute Gasteiger partial charge is 0.463 e. The molecule has 184 valence electrons. The van der Waals surface area contributed by atoms with Crippen molar-refractivity contribution < 1.29 is 24.2 Å². The summed E-state index contributed by atoms with van der Waals surface area (Å²) in [7, 11) is 0. The molecule has 0 saturated carbocycles. The molecular weight excluding hydrogens is 434 g/mol. The van der Waals surface area contributed by atoms with Crippen LogP contribution in [0.1, 0.15) is 38.2 Å². The number of fused-ring (bicyclic) bond motifs is 1. The molecule has 1 aromatic carbocycles. The number of carbonyl (C=O) groups excluding carboxylic acids is 3. The second-order valence-corrected chi connectivity index (χ2v) is 8.36. The highest BCUT2D eigenvalue weighted by molar-refractivity contribution is 5.86. The lowest BCUT2D eigenvalue weighted by atomic mass is 9.98. The molecule has 0 bridgehead atoms. The summed E-state index contributed by atoms with van der Waals surface area (Å²) in [4.78, 5) is 40.6. The number of hydrogen-bond acceptors (Lipinski definition) is 5. The van der Waals surface area contributed by atoms with Crippen LogP contribution in [0.25, 0.3) is 10.9 Å². The summed E-state index contributed by atoms with van der Waals surface area (Å²) in [5.74, 6) is -1.64. The highest BCUT2D eigenvalue weighted by Gasteiger charge is 2.25. The third-order valence-electron chi connectivity index (χ3n) is 5.42. The molecule has 2 aromatic rings. The number of hydrogen-bond donors (Lipinski definition) is 4. The summed E-state index contributed by atoms with van der Waals surface area (Å²) in [6, 6.07) is 6.95. The van der Waals surface area contributed by atoms with Crippen molar-refractivity contribution in [1.29, 1.82) is 0 Å². The van der Waals surface area contributed by atoms with Crippen molar-refractivity contribution in [3.63, 3.8) is 0 Å². The third kappa shape index (κ3) is 8.51. The predicted molar refractivity (Wildman–Crippen MR) is 132 cm³/mol. The lowest BCUT2D eigenvalue weighted by Crippen LogP contribution is -2.45. The minimum Gasteiger partial charge on any atom is -0.463 e. The van der Waals surface area contributed by atoms with Gasteiger partial charge in [0.1, 0.15) is 6.61 Å². The molecule has 3 atom stereocenters. The molecule has 0 aliphatic carbocycles. The van der Waals surface area contributed by atoms with Crippen molar-refractivity contribution in [2.75, 3.05) is 13.2 Å². The summed E-state index contributed by atoms with van der Waals surface area (Å²) in [6.07, 6.45) is 6.58. The van der Waals surface area contributed by atoms with Gasteiger partial charge in [0, 0.05) is 36.0 Å². The van der Waals surface area contributed by atoms with Crippen LogP contribution >= 0.6 is 0 Å². The van der Waals surface area contributed by atoms with Gasteiger partial charge in [0.2, 0.25) is 11.8 Å². The zero-order valence-electron chi connectivity index (χ0n) is 19.7. The first-order chi connectivity index (χ1) is 16.4. The Hall–Kier alpha value is -3.39. The van der Waals surface area contributed by atoms with Gasteiger partial charge in [-0.2, -0.15) is 0 Å². The standard InChI is InChI=1S/C26H35N3O5/c1-4-6-12-25(32)34-17-21(13-20-15-27-23-11-8-7-10-22(20)23)29-26(33)19(9-5-2)14-24(31)28-18(3)16-30/h4-5,7-8,10-11,15,18-19,21,27,30H,1-2,6,9,12-14,16-17H2,3H3,(H,28,31)(H,29,33)/t18-,19+,21-/m0/s1. The summed E-state index contributed by atoms with van der Waals surface area (Å²) in [5.41, 5.74) is 1.96. The van der Waals surface area contributed by atoms with Gasteiger partial charge < -0.3 is 25.5 Å². The van der Waals surface area contributed by atoms with E-state index in [1.54, 1.807) is 19.1 Å². The van der Waals surface area contributed by atoms with Gasteiger partial charge in [0.25, 0.3) is 0 Å². The fourth-order valence-corrected chi connectivity index (χ4v) is 3.61. The topological polar surface area (TPSA) is 121 Å². The molecule has 8 heteroatoms. The van der Waals surface area contributed by atoms with Crippen LogP contribution in [-0.2, 0) is 25.5 Å². The van der Waals surface area contributed by atoms with E-state index in [2.05, 4.69) is 28.8 Å². The van der Waals surface area contributed by atoms with E-state index in [9.17, 15) is 14.4 Å². The van der Waals surface area contributed by atoms with Gasteiger partial charge in [-0.05, 0) is 37.8 Å². The van der Waals surface area contributed by atoms with E-state index < -0.39 is 18.0 Å². The Kier molecular flexibility index (Phi) is 11.1. The Morgan fingerprint density at radius 2 is 1.94 bits per heavy atom. The van der Waals surface area contributed by atoms with Gasteiger partial charge in [-0.3, -0.25) is 14.4 Å². The predicted octanol–water partition coefficient (Wildman–Crippen LogP) is 2.78. The Morgan fingerprint density at radius 1 is 1.18 bits per heavy atom. The summed E-state index contributed by atoms with van der Waals surface area (Å²) in [5, 5.41) is 15.8. The molecule has 4 N–H and O–H groups in total. The maximum atomic E-state index is 13.1. The number of aliphatic hydroxyl groups excluding tert-OH is 1. The number of aromatic amines is 1. The number of aromatic nitrogens is 1. The molecule has 34 heavy (non-hydrogen) atoms. The SMILES string of the molecule is C=CCCC(=O)OC[C@H](Cc1c[nH]c2ccccc12)NC(=O)[C@H](CC=C)CC(=O)N[C@@H](C)CO. The van der Waals surface area contributed by atoms with E-state index in [0.29, 0.717) is 19.3 Å². The molecule has 1 heterocycles. The van der Waals surface area contributed by atoms with E-state index in [0.717, 1.165) is 16.5 Å². The van der Waals surface area contributed by atoms with Crippen LogP contribution in [0.15, 0.2) is 55.8 Å². The normalized spacial score (nSPS) is 13.5. The highest BCUT2D eigenvalue weighted by atomic mass is 16.5. The first-order valence-corrected chi connectivity index (χ1v) is 11.5. The Morgan fingerprint density at radius 3 is 2.65 bits per heavy atom. The number of para-hydroxylation sites is 1.